The Balaban J connectivity index is 1.66. The summed E-state index contributed by atoms with van der Waals surface area (Å²) in [5.41, 5.74) is 5.04. The molecule has 0 atom stereocenters. The van der Waals surface area contributed by atoms with Crippen molar-refractivity contribution in [3.63, 3.8) is 0 Å². The molecule has 0 aliphatic heterocycles. The van der Waals surface area contributed by atoms with Crippen LogP contribution in [-0.4, -0.2) is 26.8 Å². The van der Waals surface area contributed by atoms with Crippen molar-refractivity contribution in [2.45, 2.75) is 4.21 Å². The second kappa shape index (κ2) is 9.92. The van der Waals surface area contributed by atoms with E-state index >= 15 is 0 Å². The summed E-state index contributed by atoms with van der Waals surface area (Å²) in [6.45, 7) is 3.90. The summed E-state index contributed by atoms with van der Waals surface area (Å²) >= 11 is 1.06. The number of hydrogen-bond acceptors (Lipinski definition) is 6. The zero-order valence-electron chi connectivity index (χ0n) is 16.2. The largest absolute Gasteiger partial charge is 0.490 e. The molecule has 0 aliphatic carbocycles. The fourth-order valence-electron chi connectivity index (χ4n) is 2.49. The Morgan fingerprint density at radius 2 is 1.68 bits per heavy atom. The smallest absolute Gasteiger partial charge is 0.271 e. The van der Waals surface area contributed by atoms with Crippen molar-refractivity contribution in [3.05, 3.63) is 89.8 Å². The van der Waals surface area contributed by atoms with E-state index in [4.69, 9.17) is 4.74 Å². The lowest BCUT2D eigenvalue weighted by Crippen LogP contribution is -2.41. The summed E-state index contributed by atoms with van der Waals surface area (Å²) in [4.78, 5) is 24.8. The summed E-state index contributed by atoms with van der Waals surface area (Å²) in [6.07, 6.45) is 1.61. The Labute approximate surface area is 183 Å². The van der Waals surface area contributed by atoms with Gasteiger partial charge in [-0.2, -0.15) is 0 Å². The molecule has 2 aromatic carbocycles. The molecular formula is C21H19N3O5S2. The lowest BCUT2D eigenvalue weighted by atomic mass is 10.2. The number of sulfonamides is 1. The van der Waals surface area contributed by atoms with Gasteiger partial charge in [0.25, 0.3) is 21.8 Å². The zero-order valence-corrected chi connectivity index (χ0v) is 17.8. The minimum atomic E-state index is -3.83. The maximum atomic E-state index is 12.6. The highest BCUT2D eigenvalue weighted by molar-refractivity contribution is 7.94. The SMILES string of the molecule is C=CCOc1ccc(C(=O)NNC(=O)c2ccccc2NS(=O)(=O)c2cccs2)cc1. The first-order valence-corrected chi connectivity index (χ1v) is 11.4. The fraction of sp³-hybridized carbons (Fsp3) is 0.0476. The van der Waals surface area contributed by atoms with E-state index in [0.717, 1.165) is 11.3 Å². The molecule has 3 rings (SSSR count). The van der Waals surface area contributed by atoms with Crippen LogP contribution in [0.3, 0.4) is 0 Å². The van der Waals surface area contributed by atoms with E-state index < -0.39 is 21.8 Å². The Morgan fingerprint density at radius 1 is 0.968 bits per heavy atom. The van der Waals surface area contributed by atoms with Crippen LogP contribution in [0, 0.1) is 0 Å². The Hall–Kier alpha value is -3.63. The van der Waals surface area contributed by atoms with Crippen molar-refractivity contribution in [1.29, 1.82) is 0 Å². The van der Waals surface area contributed by atoms with Crippen LogP contribution in [0.5, 0.6) is 5.75 Å². The van der Waals surface area contributed by atoms with Gasteiger partial charge in [0.05, 0.1) is 11.3 Å². The molecule has 0 bridgehead atoms. The van der Waals surface area contributed by atoms with Crippen molar-refractivity contribution >= 4 is 38.9 Å². The molecule has 1 heterocycles. The second-order valence-electron chi connectivity index (χ2n) is 6.12. The highest BCUT2D eigenvalue weighted by atomic mass is 32.2. The summed E-state index contributed by atoms with van der Waals surface area (Å²) in [6, 6.07) is 15.5. The van der Waals surface area contributed by atoms with E-state index in [0.29, 0.717) is 17.9 Å². The molecule has 1 aromatic heterocycles. The van der Waals surface area contributed by atoms with Crippen molar-refractivity contribution in [3.8, 4) is 5.75 Å². The quantitative estimate of drug-likeness (QED) is 0.355. The Kier molecular flexibility index (Phi) is 7.06. The van der Waals surface area contributed by atoms with Gasteiger partial charge in [-0.15, -0.1) is 11.3 Å². The van der Waals surface area contributed by atoms with Crippen LogP contribution in [-0.2, 0) is 10.0 Å². The first-order valence-electron chi connectivity index (χ1n) is 9.00. The van der Waals surface area contributed by atoms with E-state index in [1.165, 1.54) is 18.2 Å². The van der Waals surface area contributed by atoms with Gasteiger partial charge in [-0.05, 0) is 47.8 Å². The maximum absolute atomic E-state index is 12.6. The van der Waals surface area contributed by atoms with Crippen LogP contribution in [0.15, 0.2) is 82.9 Å². The molecule has 10 heteroatoms. The summed E-state index contributed by atoms with van der Waals surface area (Å²) in [5.74, 6) is -0.642. The maximum Gasteiger partial charge on any atom is 0.271 e. The molecule has 0 saturated heterocycles. The van der Waals surface area contributed by atoms with Crippen LogP contribution in [0.2, 0.25) is 0 Å². The number of amides is 2. The van der Waals surface area contributed by atoms with Crippen molar-refractivity contribution < 1.29 is 22.7 Å². The Morgan fingerprint density at radius 3 is 2.35 bits per heavy atom. The van der Waals surface area contributed by atoms with E-state index in [9.17, 15) is 18.0 Å². The van der Waals surface area contributed by atoms with Gasteiger partial charge in [-0.1, -0.05) is 30.9 Å². The molecule has 0 aliphatic rings. The molecule has 8 nitrogen and oxygen atoms in total. The number of nitrogens with one attached hydrogen (secondary N) is 3. The van der Waals surface area contributed by atoms with Crippen LogP contribution in [0.1, 0.15) is 20.7 Å². The highest BCUT2D eigenvalue weighted by Crippen LogP contribution is 2.22. The van der Waals surface area contributed by atoms with Gasteiger partial charge < -0.3 is 4.74 Å². The number of thiophene rings is 1. The summed E-state index contributed by atoms with van der Waals surface area (Å²) in [5, 5.41) is 1.64. The van der Waals surface area contributed by atoms with E-state index in [1.807, 2.05) is 0 Å². The van der Waals surface area contributed by atoms with Crippen LogP contribution in [0.4, 0.5) is 5.69 Å². The average Bonchev–Trinajstić information content (AvgIpc) is 3.32. The molecule has 160 valence electrons. The number of ether oxygens (including phenoxy) is 1. The first-order chi connectivity index (χ1) is 14.9. The number of carbonyl (C=O) groups excluding carboxylic acids is 2. The standard InChI is InChI=1S/C21H19N3O5S2/c1-2-13-29-16-11-9-15(10-12-16)20(25)22-23-21(26)17-6-3-4-7-18(17)24-31(27,28)19-8-5-14-30-19/h2-12,14,24H,1,13H2,(H,22,25)(H,23,26). The molecule has 0 saturated carbocycles. The molecule has 2 amide bonds. The van der Waals surface area contributed by atoms with E-state index in [1.54, 1.807) is 53.9 Å². The number of carbonyl (C=O) groups is 2. The monoisotopic (exact) mass is 457 g/mol. The lowest BCUT2D eigenvalue weighted by molar-refractivity contribution is 0.0847. The number of hydrogen-bond donors (Lipinski definition) is 3. The third kappa shape index (κ3) is 5.71. The predicted octanol–water partition coefficient (Wildman–Crippen LogP) is 3.19. The molecule has 3 N–H and O–H groups in total. The van der Waals surface area contributed by atoms with Crippen molar-refractivity contribution in [2.24, 2.45) is 0 Å². The summed E-state index contributed by atoms with van der Waals surface area (Å²) in [7, 11) is -3.83. The van der Waals surface area contributed by atoms with Gasteiger partial charge in [-0.25, -0.2) is 8.42 Å². The summed E-state index contributed by atoms with van der Waals surface area (Å²) < 4.78 is 32.8. The molecule has 0 fully saturated rings. The number of anilines is 1. The molecular weight excluding hydrogens is 438 g/mol. The van der Waals surface area contributed by atoms with Gasteiger partial charge in [0.1, 0.15) is 16.6 Å². The topological polar surface area (TPSA) is 114 Å². The van der Waals surface area contributed by atoms with Crippen molar-refractivity contribution in [2.75, 3.05) is 11.3 Å². The van der Waals surface area contributed by atoms with Gasteiger partial charge in [0.2, 0.25) is 0 Å². The molecule has 3 aromatic rings. The van der Waals surface area contributed by atoms with Crippen molar-refractivity contribution in [1.82, 2.24) is 10.9 Å². The van der Waals surface area contributed by atoms with Gasteiger partial charge in [0.15, 0.2) is 0 Å². The number of para-hydroxylation sites is 1. The average molecular weight is 458 g/mol. The predicted molar refractivity (Wildman–Crippen MR) is 119 cm³/mol. The number of rotatable bonds is 8. The molecule has 0 radical (unpaired) electrons. The fourth-order valence-corrected chi connectivity index (χ4v) is 4.56. The van der Waals surface area contributed by atoms with Gasteiger partial charge in [0, 0.05) is 5.56 Å². The molecule has 0 unspecified atom stereocenters. The van der Waals surface area contributed by atoms with Crippen LogP contribution >= 0.6 is 11.3 Å². The number of hydrazine groups is 1. The minimum Gasteiger partial charge on any atom is -0.490 e. The lowest BCUT2D eigenvalue weighted by Gasteiger charge is -2.13. The third-order valence-corrected chi connectivity index (χ3v) is 6.71. The molecule has 0 spiro atoms. The zero-order chi connectivity index (χ0) is 22.3. The second-order valence-corrected chi connectivity index (χ2v) is 8.97. The highest BCUT2D eigenvalue weighted by Gasteiger charge is 2.19. The first kappa shape index (κ1) is 22.1. The third-order valence-electron chi connectivity index (χ3n) is 3.95. The van der Waals surface area contributed by atoms with E-state index in [-0.39, 0.29) is 15.5 Å². The number of benzene rings is 2. The van der Waals surface area contributed by atoms with Gasteiger partial charge >= 0.3 is 0 Å². The van der Waals surface area contributed by atoms with Gasteiger partial charge in [-0.3, -0.25) is 25.2 Å². The Bertz CT molecular complexity index is 1170. The molecule has 31 heavy (non-hydrogen) atoms. The van der Waals surface area contributed by atoms with Crippen LogP contribution < -0.4 is 20.3 Å². The van der Waals surface area contributed by atoms with Crippen LogP contribution in [0.25, 0.3) is 0 Å². The van der Waals surface area contributed by atoms with E-state index in [2.05, 4.69) is 22.2 Å². The normalized spacial score (nSPS) is 10.7. The minimum absolute atomic E-state index is 0.0519.